The molecule has 0 bridgehead atoms. The van der Waals surface area contributed by atoms with Crippen molar-refractivity contribution in [2.24, 2.45) is 0 Å². The predicted octanol–water partition coefficient (Wildman–Crippen LogP) is 6.48. The summed E-state index contributed by atoms with van der Waals surface area (Å²) in [7, 11) is 0. The normalized spacial score (nSPS) is 12.5. The third kappa shape index (κ3) is 4.49. The maximum Gasteiger partial charge on any atom is 0.416 e. The number of fused-ring (bicyclic) bond motifs is 1. The highest BCUT2D eigenvalue weighted by Crippen LogP contribution is 2.36. The Balaban J connectivity index is 1.79. The molecule has 5 nitrogen and oxygen atoms in total. The van der Waals surface area contributed by atoms with Gasteiger partial charge in [0.1, 0.15) is 16.5 Å². The Morgan fingerprint density at radius 2 is 1.97 bits per heavy atom. The SMILES string of the molecule is C=Cc1cc(C)c2nc(O[C@H](C)c3ccccc3C(F)(F)F)n(OC(=O)c3cccs3)c2c1. The van der Waals surface area contributed by atoms with E-state index >= 15 is 0 Å². The van der Waals surface area contributed by atoms with Crippen LogP contribution in [0.4, 0.5) is 13.2 Å². The first-order chi connectivity index (χ1) is 15.7. The number of rotatable bonds is 6. The molecule has 2 aromatic heterocycles. The van der Waals surface area contributed by atoms with Gasteiger partial charge < -0.3 is 9.57 Å². The molecule has 0 N–H and O–H groups in total. The van der Waals surface area contributed by atoms with E-state index in [1.54, 1.807) is 29.7 Å². The Morgan fingerprint density at radius 3 is 2.64 bits per heavy atom. The lowest BCUT2D eigenvalue weighted by Crippen LogP contribution is -2.21. The smallest absolute Gasteiger partial charge is 0.416 e. The molecule has 0 radical (unpaired) electrons. The highest BCUT2D eigenvalue weighted by atomic mass is 32.1. The second-order valence-electron chi connectivity index (χ2n) is 7.30. The number of carbonyl (C=O) groups excluding carboxylic acids is 1. The van der Waals surface area contributed by atoms with Crippen molar-refractivity contribution in [2.45, 2.75) is 26.1 Å². The van der Waals surface area contributed by atoms with Gasteiger partial charge in [0, 0.05) is 5.56 Å². The van der Waals surface area contributed by atoms with Crippen LogP contribution >= 0.6 is 11.3 Å². The Hall–Kier alpha value is -3.59. The number of aromatic nitrogens is 2. The first-order valence-electron chi connectivity index (χ1n) is 9.93. The Morgan fingerprint density at radius 1 is 1.21 bits per heavy atom. The fourth-order valence-electron chi connectivity index (χ4n) is 3.47. The van der Waals surface area contributed by atoms with E-state index in [1.807, 2.05) is 13.0 Å². The van der Waals surface area contributed by atoms with E-state index < -0.39 is 23.8 Å². The van der Waals surface area contributed by atoms with Crippen LogP contribution in [-0.4, -0.2) is 15.7 Å². The van der Waals surface area contributed by atoms with Crippen molar-refractivity contribution >= 4 is 34.4 Å². The lowest BCUT2D eigenvalue weighted by Gasteiger charge is -2.19. The van der Waals surface area contributed by atoms with Crippen molar-refractivity contribution in [3.05, 3.63) is 87.6 Å². The Kier molecular flexibility index (Phi) is 5.99. The summed E-state index contributed by atoms with van der Waals surface area (Å²) in [5.41, 5.74) is 1.58. The first-order valence-corrected chi connectivity index (χ1v) is 10.8. The van der Waals surface area contributed by atoms with Gasteiger partial charge in [-0.25, -0.2) is 4.79 Å². The molecule has 0 spiro atoms. The number of hydrogen-bond acceptors (Lipinski definition) is 5. The number of halogens is 3. The van der Waals surface area contributed by atoms with E-state index in [2.05, 4.69) is 11.6 Å². The van der Waals surface area contributed by atoms with Gasteiger partial charge in [0.2, 0.25) is 0 Å². The van der Waals surface area contributed by atoms with Gasteiger partial charge in [-0.3, -0.25) is 0 Å². The van der Waals surface area contributed by atoms with Gasteiger partial charge in [-0.1, -0.05) is 36.9 Å². The number of benzene rings is 2. The number of carbonyl (C=O) groups is 1. The molecule has 0 aliphatic carbocycles. The summed E-state index contributed by atoms with van der Waals surface area (Å²) in [6.45, 7) is 7.07. The van der Waals surface area contributed by atoms with E-state index in [0.717, 1.165) is 21.9 Å². The van der Waals surface area contributed by atoms with Gasteiger partial charge in [0.25, 0.3) is 0 Å². The summed E-state index contributed by atoms with van der Waals surface area (Å²) in [5, 5.41) is 1.73. The van der Waals surface area contributed by atoms with Gasteiger partial charge >= 0.3 is 18.2 Å². The summed E-state index contributed by atoms with van der Waals surface area (Å²) in [6.07, 6.45) is -3.94. The lowest BCUT2D eigenvalue weighted by atomic mass is 10.0. The number of thiophene rings is 1. The standard InChI is InChI=1S/C24H19F3N2O3S/c1-4-16-12-14(2)21-19(13-16)29(32-22(30)20-10-7-11-33-20)23(28-21)31-15(3)17-8-5-6-9-18(17)24(25,26)27/h4-13,15H,1H2,2-3H3/t15-/m1/s1. The summed E-state index contributed by atoms with van der Waals surface area (Å²) in [4.78, 5) is 23.0. The van der Waals surface area contributed by atoms with Crippen molar-refractivity contribution in [1.29, 1.82) is 0 Å². The Bertz CT molecular complexity index is 1330. The molecular weight excluding hydrogens is 453 g/mol. The zero-order valence-corrected chi connectivity index (χ0v) is 18.5. The first kappa shape index (κ1) is 22.6. The average Bonchev–Trinajstić information content (AvgIpc) is 3.42. The predicted molar refractivity (Wildman–Crippen MR) is 120 cm³/mol. The quantitative estimate of drug-likeness (QED) is 0.322. The highest BCUT2D eigenvalue weighted by molar-refractivity contribution is 7.11. The fraction of sp³-hybridized carbons (Fsp3) is 0.167. The maximum atomic E-state index is 13.5. The summed E-state index contributed by atoms with van der Waals surface area (Å²) >= 11 is 1.20. The van der Waals surface area contributed by atoms with E-state index in [9.17, 15) is 18.0 Å². The van der Waals surface area contributed by atoms with E-state index in [4.69, 9.17) is 9.57 Å². The topological polar surface area (TPSA) is 53.4 Å². The molecule has 0 unspecified atom stereocenters. The molecule has 0 amide bonds. The zero-order chi connectivity index (χ0) is 23.8. The van der Waals surface area contributed by atoms with Crippen molar-refractivity contribution < 1.29 is 27.5 Å². The molecule has 0 saturated heterocycles. The molecule has 33 heavy (non-hydrogen) atoms. The highest BCUT2D eigenvalue weighted by Gasteiger charge is 2.35. The minimum Gasteiger partial charge on any atom is -0.455 e. The van der Waals surface area contributed by atoms with Crippen LogP contribution in [0.3, 0.4) is 0 Å². The summed E-state index contributed by atoms with van der Waals surface area (Å²) < 4.78 is 47.5. The van der Waals surface area contributed by atoms with E-state index in [1.165, 1.54) is 36.5 Å². The molecule has 170 valence electrons. The second kappa shape index (κ2) is 8.74. The molecule has 1 atom stereocenters. The number of nitrogens with zero attached hydrogens (tertiary/aromatic N) is 2. The fourth-order valence-corrected chi connectivity index (χ4v) is 4.06. The number of alkyl halides is 3. The van der Waals surface area contributed by atoms with Crippen LogP contribution in [0.2, 0.25) is 0 Å². The molecule has 2 aromatic carbocycles. The van der Waals surface area contributed by atoms with Crippen LogP contribution in [0.5, 0.6) is 6.01 Å². The van der Waals surface area contributed by atoms with Gasteiger partial charge in [0.05, 0.1) is 11.1 Å². The van der Waals surface area contributed by atoms with Gasteiger partial charge in [-0.15, -0.1) is 16.1 Å². The molecule has 0 fully saturated rings. The monoisotopic (exact) mass is 472 g/mol. The number of imidazole rings is 1. The number of hydrogen-bond donors (Lipinski definition) is 0. The largest absolute Gasteiger partial charge is 0.455 e. The third-order valence-corrected chi connectivity index (χ3v) is 5.87. The second-order valence-corrected chi connectivity index (χ2v) is 8.25. The molecule has 0 aliphatic heterocycles. The van der Waals surface area contributed by atoms with Crippen LogP contribution < -0.4 is 9.57 Å². The van der Waals surface area contributed by atoms with Gasteiger partial charge in [0.15, 0.2) is 0 Å². The van der Waals surface area contributed by atoms with Crippen LogP contribution in [0, 0.1) is 6.92 Å². The number of ether oxygens (including phenoxy) is 1. The minimum absolute atomic E-state index is 0.0586. The van der Waals surface area contributed by atoms with Gasteiger partial charge in [-0.2, -0.15) is 18.2 Å². The molecule has 4 rings (SSSR count). The molecular formula is C24H19F3N2O3S. The number of aryl methyl sites for hydroxylation is 1. The van der Waals surface area contributed by atoms with Crippen LogP contribution in [0.1, 0.15) is 45.0 Å². The lowest BCUT2D eigenvalue weighted by molar-refractivity contribution is -0.139. The molecule has 2 heterocycles. The van der Waals surface area contributed by atoms with E-state index in [0.29, 0.717) is 15.9 Å². The van der Waals surface area contributed by atoms with Crippen molar-refractivity contribution in [3.8, 4) is 6.01 Å². The zero-order valence-electron chi connectivity index (χ0n) is 17.7. The minimum atomic E-state index is -4.55. The summed E-state index contributed by atoms with van der Waals surface area (Å²) in [6, 6.07) is 11.9. The van der Waals surface area contributed by atoms with Crippen molar-refractivity contribution in [1.82, 2.24) is 9.71 Å². The maximum absolute atomic E-state index is 13.5. The van der Waals surface area contributed by atoms with Crippen LogP contribution in [0.25, 0.3) is 17.1 Å². The Labute approximate surface area is 191 Å². The summed E-state index contributed by atoms with van der Waals surface area (Å²) in [5.74, 6) is -0.640. The van der Waals surface area contributed by atoms with Crippen LogP contribution in [-0.2, 0) is 6.18 Å². The van der Waals surface area contributed by atoms with E-state index in [-0.39, 0.29) is 11.6 Å². The van der Waals surface area contributed by atoms with Crippen molar-refractivity contribution in [3.63, 3.8) is 0 Å². The molecule has 0 saturated carbocycles. The molecule has 0 aliphatic rings. The molecule has 4 aromatic rings. The third-order valence-electron chi connectivity index (χ3n) is 5.02. The molecule has 9 heteroatoms. The average molecular weight is 472 g/mol. The van der Waals surface area contributed by atoms with Crippen molar-refractivity contribution in [2.75, 3.05) is 0 Å². The van der Waals surface area contributed by atoms with Gasteiger partial charge in [-0.05, 0) is 54.6 Å². The van der Waals surface area contributed by atoms with Crippen LogP contribution in [0.15, 0.2) is 60.5 Å².